The minimum Gasteiger partial charge on any atom is -0.436 e. The fourth-order valence-corrected chi connectivity index (χ4v) is 2.94. The highest BCUT2D eigenvalue weighted by atomic mass is 16.5. The SMILES string of the molecule is CC1(C)CCN(c2cnc3c(Oc4ccccc4)n[nH]c3n2)CC1. The fourth-order valence-electron chi connectivity index (χ4n) is 2.94. The molecule has 1 aliphatic rings. The van der Waals surface area contributed by atoms with E-state index in [1.807, 2.05) is 36.5 Å². The van der Waals surface area contributed by atoms with Gasteiger partial charge in [-0.1, -0.05) is 32.0 Å². The smallest absolute Gasteiger partial charge is 0.266 e. The zero-order valence-electron chi connectivity index (χ0n) is 14.0. The first-order valence-electron chi connectivity index (χ1n) is 8.30. The maximum atomic E-state index is 5.79. The number of rotatable bonds is 3. The van der Waals surface area contributed by atoms with Crippen molar-refractivity contribution >= 4 is 17.0 Å². The normalized spacial score (nSPS) is 17.2. The number of aromatic nitrogens is 4. The molecule has 0 spiro atoms. The molecule has 0 amide bonds. The van der Waals surface area contributed by atoms with Crippen molar-refractivity contribution in [3.8, 4) is 11.6 Å². The predicted octanol–water partition coefficient (Wildman–Crippen LogP) is 3.77. The van der Waals surface area contributed by atoms with Gasteiger partial charge in [0.25, 0.3) is 5.88 Å². The molecule has 3 aromatic rings. The minimum atomic E-state index is 0.415. The lowest BCUT2D eigenvalue weighted by atomic mass is 9.83. The lowest BCUT2D eigenvalue weighted by molar-refractivity contribution is 0.279. The molecule has 0 atom stereocenters. The van der Waals surface area contributed by atoms with E-state index in [0.717, 1.165) is 37.5 Å². The molecule has 0 aliphatic carbocycles. The van der Waals surface area contributed by atoms with Crippen molar-refractivity contribution in [2.75, 3.05) is 18.0 Å². The molecule has 2 aromatic heterocycles. The van der Waals surface area contributed by atoms with Gasteiger partial charge in [-0.3, -0.25) is 5.10 Å². The Balaban J connectivity index is 1.57. The number of hydrogen-bond acceptors (Lipinski definition) is 5. The van der Waals surface area contributed by atoms with Crippen LogP contribution < -0.4 is 9.64 Å². The van der Waals surface area contributed by atoms with E-state index < -0.39 is 0 Å². The molecule has 0 unspecified atom stereocenters. The van der Waals surface area contributed by atoms with Crippen molar-refractivity contribution in [2.24, 2.45) is 5.41 Å². The van der Waals surface area contributed by atoms with E-state index in [-0.39, 0.29) is 0 Å². The Labute approximate surface area is 140 Å². The van der Waals surface area contributed by atoms with E-state index in [4.69, 9.17) is 4.74 Å². The number of benzene rings is 1. The third kappa shape index (κ3) is 2.91. The average molecular weight is 323 g/mol. The quantitative estimate of drug-likeness (QED) is 0.794. The number of H-pyrrole nitrogens is 1. The van der Waals surface area contributed by atoms with Crippen LogP contribution in [0.4, 0.5) is 5.82 Å². The summed E-state index contributed by atoms with van der Waals surface area (Å²) in [4.78, 5) is 11.5. The van der Waals surface area contributed by atoms with E-state index in [1.54, 1.807) is 0 Å². The van der Waals surface area contributed by atoms with Crippen LogP contribution >= 0.6 is 0 Å². The summed E-state index contributed by atoms with van der Waals surface area (Å²) < 4.78 is 5.79. The van der Waals surface area contributed by atoms with Crippen LogP contribution in [0.25, 0.3) is 11.2 Å². The second-order valence-electron chi connectivity index (χ2n) is 7.02. The summed E-state index contributed by atoms with van der Waals surface area (Å²) in [6.45, 7) is 6.66. The Morgan fingerprint density at radius 1 is 1.12 bits per heavy atom. The summed E-state index contributed by atoms with van der Waals surface area (Å²) >= 11 is 0. The van der Waals surface area contributed by atoms with Crippen LogP contribution in [-0.4, -0.2) is 33.3 Å². The van der Waals surface area contributed by atoms with Crippen LogP contribution in [-0.2, 0) is 0 Å². The number of hydrogen-bond donors (Lipinski definition) is 1. The van der Waals surface area contributed by atoms with Gasteiger partial charge in [0.2, 0.25) is 0 Å². The summed E-state index contributed by atoms with van der Waals surface area (Å²) in [5.41, 5.74) is 1.72. The number of ether oxygens (including phenoxy) is 1. The summed E-state index contributed by atoms with van der Waals surface area (Å²) in [6, 6.07) is 9.56. The van der Waals surface area contributed by atoms with Gasteiger partial charge < -0.3 is 9.64 Å². The molecule has 3 heterocycles. The molecule has 1 saturated heterocycles. The van der Waals surface area contributed by atoms with Crippen LogP contribution in [0, 0.1) is 5.41 Å². The number of anilines is 1. The van der Waals surface area contributed by atoms with Gasteiger partial charge in [0.05, 0.1) is 6.20 Å². The van der Waals surface area contributed by atoms with Crippen molar-refractivity contribution in [2.45, 2.75) is 26.7 Å². The van der Waals surface area contributed by atoms with Gasteiger partial charge in [0.15, 0.2) is 11.2 Å². The van der Waals surface area contributed by atoms with Gasteiger partial charge in [-0.05, 0) is 30.4 Å². The lowest BCUT2D eigenvalue weighted by Crippen LogP contribution is -2.37. The number of piperidine rings is 1. The molecule has 124 valence electrons. The maximum absolute atomic E-state index is 5.79. The van der Waals surface area contributed by atoms with Crippen LogP contribution in [0.5, 0.6) is 11.6 Å². The first kappa shape index (κ1) is 14.9. The zero-order chi connectivity index (χ0) is 16.6. The molecule has 0 saturated carbocycles. The molecular formula is C18H21N5O. The van der Waals surface area contributed by atoms with Crippen molar-refractivity contribution in [3.05, 3.63) is 36.5 Å². The van der Waals surface area contributed by atoms with Gasteiger partial charge in [-0.25, -0.2) is 9.97 Å². The van der Waals surface area contributed by atoms with Crippen molar-refractivity contribution in [3.63, 3.8) is 0 Å². The number of nitrogens with zero attached hydrogens (tertiary/aromatic N) is 4. The monoisotopic (exact) mass is 323 g/mol. The lowest BCUT2D eigenvalue weighted by Gasteiger charge is -2.37. The Morgan fingerprint density at radius 3 is 2.62 bits per heavy atom. The molecule has 1 N–H and O–H groups in total. The van der Waals surface area contributed by atoms with Crippen LogP contribution in [0.2, 0.25) is 0 Å². The summed E-state index contributed by atoms with van der Waals surface area (Å²) in [5.74, 6) is 2.08. The Hall–Kier alpha value is -2.63. The second-order valence-corrected chi connectivity index (χ2v) is 7.02. The molecule has 0 radical (unpaired) electrons. The van der Waals surface area contributed by atoms with E-state index in [0.29, 0.717) is 22.5 Å². The first-order valence-corrected chi connectivity index (χ1v) is 8.30. The van der Waals surface area contributed by atoms with Crippen LogP contribution in [0.1, 0.15) is 26.7 Å². The Bertz CT molecular complexity index is 833. The molecule has 6 heteroatoms. The standard InChI is InChI=1S/C18H21N5O/c1-18(2)8-10-23(11-9-18)14-12-19-15-16(20-14)21-22-17(15)24-13-6-4-3-5-7-13/h3-7,12H,8-11H2,1-2H3,(H,20,21,22). The van der Waals surface area contributed by atoms with Crippen molar-refractivity contribution < 1.29 is 4.74 Å². The molecule has 6 nitrogen and oxygen atoms in total. The number of para-hydroxylation sites is 1. The maximum Gasteiger partial charge on any atom is 0.266 e. The Kier molecular flexibility index (Phi) is 3.59. The van der Waals surface area contributed by atoms with Gasteiger partial charge in [-0.15, -0.1) is 5.10 Å². The molecule has 4 rings (SSSR count). The van der Waals surface area contributed by atoms with Gasteiger partial charge >= 0.3 is 0 Å². The van der Waals surface area contributed by atoms with Crippen molar-refractivity contribution in [1.29, 1.82) is 0 Å². The largest absolute Gasteiger partial charge is 0.436 e. The van der Waals surface area contributed by atoms with Crippen LogP contribution in [0.3, 0.4) is 0 Å². The molecule has 1 aromatic carbocycles. The van der Waals surface area contributed by atoms with Gasteiger partial charge in [-0.2, -0.15) is 0 Å². The summed E-state index contributed by atoms with van der Waals surface area (Å²) in [6.07, 6.45) is 4.14. The molecular weight excluding hydrogens is 302 g/mol. The topological polar surface area (TPSA) is 66.9 Å². The predicted molar refractivity (Wildman–Crippen MR) is 93.4 cm³/mol. The van der Waals surface area contributed by atoms with Gasteiger partial charge in [0, 0.05) is 13.1 Å². The highest BCUT2D eigenvalue weighted by Crippen LogP contribution is 2.32. The van der Waals surface area contributed by atoms with E-state index in [9.17, 15) is 0 Å². The van der Waals surface area contributed by atoms with Gasteiger partial charge in [0.1, 0.15) is 11.6 Å². The molecule has 1 aliphatic heterocycles. The average Bonchev–Trinajstić information content (AvgIpc) is 2.98. The summed E-state index contributed by atoms with van der Waals surface area (Å²) in [5, 5.41) is 7.14. The number of aromatic amines is 1. The molecule has 0 bridgehead atoms. The fraction of sp³-hybridized carbons (Fsp3) is 0.389. The van der Waals surface area contributed by atoms with E-state index >= 15 is 0 Å². The zero-order valence-corrected chi connectivity index (χ0v) is 14.0. The Morgan fingerprint density at radius 2 is 1.88 bits per heavy atom. The number of nitrogens with one attached hydrogen (secondary N) is 1. The highest BCUT2D eigenvalue weighted by molar-refractivity contribution is 5.77. The first-order chi connectivity index (χ1) is 11.6. The molecule has 1 fully saturated rings. The number of fused-ring (bicyclic) bond motifs is 1. The highest BCUT2D eigenvalue weighted by Gasteiger charge is 2.26. The summed E-state index contributed by atoms with van der Waals surface area (Å²) in [7, 11) is 0. The second kappa shape index (κ2) is 5.78. The van der Waals surface area contributed by atoms with Crippen LogP contribution in [0.15, 0.2) is 36.5 Å². The molecule has 24 heavy (non-hydrogen) atoms. The van der Waals surface area contributed by atoms with E-state index in [1.165, 1.54) is 0 Å². The third-order valence-corrected chi connectivity index (χ3v) is 4.62. The minimum absolute atomic E-state index is 0.415. The third-order valence-electron chi connectivity index (χ3n) is 4.62. The van der Waals surface area contributed by atoms with Crippen molar-refractivity contribution in [1.82, 2.24) is 20.2 Å². The van der Waals surface area contributed by atoms with E-state index in [2.05, 4.69) is 38.9 Å².